The lowest BCUT2D eigenvalue weighted by Crippen LogP contribution is -2.50. The van der Waals surface area contributed by atoms with Crippen molar-refractivity contribution >= 4 is 17.8 Å². The molecule has 3 aliphatic rings. The SMILES string of the molecule is CCNC(=O)C[C@@H]1CC2(CO2)C[C@@H](/C=C/C(C)=C/C[C@@H]2O[C@H](C)[C@H](NC(=O)/C=C\[C@H](C)OC(C)=O)C[C@@H]2C)O1. The highest BCUT2D eigenvalue weighted by Gasteiger charge is 2.51. The number of amides is 2. The number of nitrogens with one attached hydrogen (secondary N) is 2. The van der Waals surface area contributed by atoms with Crippen molar-refractivity contribution in [3.05, 3.63) is 36.0 Å². The highest BCUT2D eigenvalue weighted by molar-refractivity contribution is 5.87. The van der Waals surface area contributed by atoms with Gasteiger partial charge in [-0.2, -0.15) is 0 Å². The first-order chi connectivity index (χ1) is 18.5. The van der Waals surface area contributed by atoms with Gasteiger partial charge in [-0.25, -0.2) is 0 Å². The molecular weight excluding hydrogens is 500 g/mol. The summed E-state index contributed by atoms with van der Waals surface area (Å²) in [5, 5.41) is 5.87. The van der Waals surface area contributed by atoms with Crippen molar-refractivity contribution in [2.45, 2.75) is 116 Å². The predicted molar refractivity (Wildman–Crippen MR) is 148 cm³/mol. The number of ether oxygens (including phenoxy) is 4. The van der Waals surface area contributed by atoms with Crippen molar-refractivity contribution < 1.29 is 33.3 Å². The van der Waals surface area contributed by atoms with Gasteiger partial charge in [-0.15, -0.1) is 0 Å². The Kier molecular flexibility index (Phi) is 11.3. The Labute approximate surface area is 232 Å². The van der Waals surface area contributed by atoms with Crippen LogP contribution in [0.15, 0.2) is 36.0 Å². The van der Waals surface area contributed by atoms with Crippen LogP contribution in [0.1, 0.15) is 73.6 Å². The molecule has 3 heterocycles. The molecule has 1 unspecified atom stereocenters. The van der Waals surface area contributed by atoms with E-state index in [2.05, 4.69) is 42.7 Å². The standard InChI is InChI=1S/C30H46N2O7/c1-7-31-29(35)15-25-17-30(18-36-30)16-24(39-25)11-8-19(2)9-12-27-20(3)14-26(22(5)38-27)32-28(34)13-10-21(4)37-23(6)33/h8-11,13,20-22,24-27H,7,12,14-18H2,1-6H3,(H,31,35)(H,32,34)/b11-8+,13-10-,19-9+/t20-,21-,22+,24+,25+,26+,27-,30?/m0/s1. The largest absolute Gasteiger partial charge is 0.459 e. The van der Waals surface area contributed by atoms with Crippen LogP contribution in [0.3, 0.4) is 0 Å². The van der Waals surface area contributed by atoms with Gasteiger partial charge in [-0.1, -0.05) is 30.7 Å². The molecule has 9 heteroatoms. The molecule has 3 rings (SSSR count). The third-order valence-electron chi connectivity index (χ3n) is 7.54. The second-order valence-electron chi connectivity index (χ2n) is 11.3. The van der Waals surface area contributed by atoms with Crippen molar-refractivity contribution in [3.8, 4) is 0 Å². The lowest BCUT2D eigenvalue weighted by atomic mass is 9.88. The molecule has 9 nitrogen and oxygen atoms in total. The number of carbonyl (C=O) groups is 3. The summed E-state index contributed by atoms with van der Waals surface area (Å²) in [4.78, 5) is 35.4. The van der Waals surface area contributed by atoms with Crippen LogP contribution in [0, 0.1) is 5.92 Å². The zero-order valence-electron chi connectivity index (χ0n) is 24.2. The second-order valence-corrected chi connectivity index (χ2v) is 11.3. The quantitative estimate of drug-likeness (QED) is 0.176. The van der Waals surface area contributed by atoms with E-state index in [1.165, 1.54) is 13.0 Å². The maximum Gasteiger partial charge on any atom is 0.303 e. The topological polar surface area (TPSA) is 115 Å². The smallest absolute Gasteiger partial charge is 0.303 e. The van der Waals surface area contributed by atoms with Gasteiger partial charge in [0.2, 0.25) is 11.8 Å². The summed E-state index contributed by atoms with van der Waals surface area (Å²) in [7, 11) is 0. The third-order valence-corrected chi connectivity index (χ3v) is 7.54. The van der Waals surface area contributed by atoms with E-state index in [9.17, 15) is 14.4 Å². The Morgan fingerprint density at radius 3 is 2.54 bits per heavy atom. The van der Waals surface area contributed by atoms with Gasteiger partial charge in [-0.05, 0) is 52.5 Å². The zero-order valence-corrected chi connectivity index (χ0v) is 24.2. The highest BCUT2D eigenvalue weighted by atomic mass is 16.6. The molecule has 0 bridgehead atoms. The van der Waals surface area contributed by atoms with Crippen LogP contribution in [-0.2, 0) is 33.3 Å². The maximum atomic E-state index is 12.3. The van der Waals surface area contributed by atoms with Gasteiger partial charge in [-0.3, -0.25) is 14.4 Å². The molecular formula is C30H46N2O7. The van der Waals surface area contributed by atoms with E-state index in [-0.39, 0.29) is 59.8 Å². The summed E-state index contributed by atoms with van der Waals surface area (Å²) < 4.78 is 23.2. The fourth-order valence-corrected chi connectivity index (χ4v) is 5.35. The van der Waals surface area contributed by atoms with Crippen LogP contribution in [0.25, 0.3) is 0 Å². The minimum atomic E-state index is -0.456. The number of allylic oxidation sites excluding steroid dienone is 2. The monoisotopic (exact) mass is 546 g/mol. The van der Waals surface area contributed by atoms with Gasteiger partial charge < -0.3 is 29.6 Å². The molecule has 218 valence electrons. The normalized spacial score (nSPS) is 33.7. The van der Waals surface area contributed by atoms with E-state index in [0.717, 1.165) is 37.9 Å². The molecule has 8 atom stereocenters. The number of carbonyl (C=O) groups excluding carboxylic acids is 3. The molecule has 0 radical (unpaired) electrons. The molecule has 1 spiro atoms. The van der Waals surface area contributed by atoms with Gasteiger partial charge in [0.05, 0.1) is 49.1 Å². The summed E-state index contributed by atoms with van der Waals surface area (Å²) in [6.07, 6.45) is 12.1. The van der Waals surface area contributed by atoms with Gasteiger partial charge in [0, 0.05) is 32.4 Å². The number of esters is 1. The van der Waals surface area contributed by atoms with Gasteiger partial charge in [0.25, 0.3) is 0 Å². The molecule has 3 saturated heterocycles. The summed E-state index contributed by atoms with van der Waals surface area (Å²) >= 11 is 0. The minimum absolute atomic E-state index is 0.0157. The maximum absolute atomic E-state index is 12.3. The highest BCUT2D eigenvalue weighted by Crippen LogP contribution is 2.43. The summed E-state index contributed by atoms with van der Waals surface area (Å²) in [5.74, 6) is -0.321. The Bertz CT molecular complexity index is 955. The van der Waals surface area contributed by atoms with E-state index in [1.807, 2.05) is 13.8 Å². The van der Waals surface area contributed by atoms with Crippen molar-refractivity contribution in [3.63, 3.8) is 0 Å². The van der Waals surface area contributed by atoms with Crippen LogP contribution in [0.2, 0.25) is 0 Å². The summed E-state index contributed by atoms with van der Waals surface area (Å²) in [6.45, 7) is 12.5. The molecule has 0 aromatic carbocycles. The van der Waals surface area contributed by atoms with Crippen molar-refractivity contribution in [1.29, 1.82) is 0 Å². The van der Waals surface area contributed by atoms with Crippen molar-refractivity contribution in [2.24, 2.45) is 5.92 Å². The summed E-state index contributed by atoms with van der Waals surface area (Å²) in [6, 6.07) is -0.0878. The number of rotatable bonds is 11. The van der Waals surface area contributed by atoms with Crippen LogP contribution < -0.4 is 10.6 Å². The Morgan fingerprint density at radius 2 is 1.87 bits per heavy atom. The first kappa shape index (κ1) is 31.0. The molecule has 0 aromatic heterocycles. The van der Waals surface area contributed by atoms with Crippen LogP contribution in [0.4, 0.5) is 0 Å². The second kappa shape index (κ2) is 14.2. The van der Waals surface area contributed by atoms with Crippen LogP contribution in [0.5, 0.6) is 0 Å². The zero-order chi connectivity index (χ0) is 28.6. The lowest BCUT2D eigenvalue weighted by Gasteiger charge is -2.39. The first-order valence-electron chi connectivity index (χ1n) is 14.2. The average molecular weight is 547 g/mol. The Hall–Kier alpha value is -2.49. The lowest BCUT2D eigenvalue weighted by molar-refractivity contribution is -0.143. The van der Waals surface area contributed by atoms with E-state index >= 15 is 0 Å². The Morgan fingerprint density at radius 1 is 1.13 bits per heavy atom. The van der Waals surface area contributed by atoms with Crippen LogP contribution in [-0.4, -0.2) is 73.1 Å². The fraction of sp³-hybridized carbons (Fsp3) is 0.700. The van der Waals surface area contributed by atoms with E-state index in [4.69, 9.17) is 18.9 Å². The van der Waals surface area contributed by atoms with E-state index < -0.39 is 6.10 Å². The number of epoxide rings is 1. The molecule has 3 aliphatic heterocycles. The average Bonchev–Trinajstić information content (AvgIpc) is 3.59. The molecule has 0 aliphatic carbocycles. The molecule has 0 saturated carbocycles. The van der Waals surface area contributed by atoms with Gasteiger partial charge >= 0.3 is 5.97 Å². The molecule has 3 fully saturated rings. The third kappa shape index (κ3) is 10.2. The number of hydrogen-bond acceptors (Lipinski definition) is 7. The van der Waals surface area contributed by atoms with Crippen molar-refractivity contribution in [2.75, 3.05) is 13.2 Å². The van der Waals surface area contributed by atoms with Gasteiger partial charge in [0.1, 0.15) is 6.10 Å². The first-order valence-corrected chi connectivity index (χ1v) is 14.2. The molecule has 0 aromatic rings. The van der Waals surface area contributed by atoms with E-state index in [0.29, 0.717) is 13.0 Å². The van der Waals surface area contributed by atoms with Crippen molar-refractivity contribution in [1.82, 2.24) is 10.6 Å². The molecule has 2 N–H and O–H groups in total. The molecule has 39 heavy (non-hydrogen) atoms. The van der Waals surface area contributed by atoms with Gasteiger partial charge in [0.15, 0.2) is 0 Å². The summed E-state index contributed by atoms with van der Waals surface area (Å²) in [5.41, 5.74) is 0.993. The van der Waals surface area contributed by atoms with Crippen LogP contribution >= 0.6 is 0 Å². The fourth-order valence-electron chi connectivity index (χ4n) is 5.35. The number of hydrogen-bond donors (Lipinski definition) is 2. The minimum Gasteiger partial charge on any atom is -0.459 e. The van der Waals surface area contributed by atoms with E-state index in [1.54, 1.807) is 13.0 Å². The predicted octanol–water partition coefficient (Wildman–Crippen LogP) is 3.53. The molecule has 2 amide bonds. The Balaban J connectivity index is 1.46.